The van der Waals surface area contributed by atoms with E-state index in [9.17, 15) is 0 Å². The molecule has 1 fully saturated rings. The number of hydrogen-bond donors (Lipinski definition) is 1. The summed E-state index contributed by atoms with van der Waals surface area (Å²) in [4.78, 5) is 8.52. The maximum absolute atomic E-state index is 5.99. The molecule has 1 saturated carbocycles. The van der Waals surface area contributed by atoms with Crippen LogP contribution in [0.25, 0.3) is 11.3 Å². The van der Waals surface area contributed by atoms with Gasteiger partial charge in [0.15, 0.2) is 0 Å². The van der Waals surface area contributed by atoms with Crippen LogP contribution in [0.5, 0.6) is 5.75 Å². The molecule has 0 aliphatic heterocycles. The Kier molecular flexibility index (Phi) is 3.54. The molecule has 0 bridgehead atoms. The maximum atomic E-state index is 5.99. The van der Waals surface area contributed by atoms with Crippen molar-refractivity contribution in [3.8, 4) is 17.0 Å². The third-order valence-corrected chi connectivity index (χ3v) is 3.41. The standard InChI is InChI=1S/C16H19N3O/c1-2-4-14-15(18-10-19-16(14)17)11-5-3-6-13(9-11)20-12-7-8-12/h3,5-6,9-10,12H,2,4,7-8H2,1H3,(H2,17,18,19). The minimum atomic E-state index is 0.399. The Morgan fingerprint density at radius 2 is 2.15 bits per heavy atom. The second kappa shape index (κ2) is 5.49. The largest absolute Gasteiger partial charge is 0.490 e. The van der Waals surface area contributed by atoms with Crippen LogP contribution >= 0.6 is 0 Å². The third kappa shape index (κ3) is 2.74. The Bertz CT molecular complexity index is 608. The van der Waals surface area contributed by atoms with Gasteiger partial charge in [-0.2, -0.15) is 0 Å². The minimum absolute atomic E-state index is 0.399. The van der Waals surface area contributed by atoms with Crippen molar-refractivity contribution in [1.29, 1.82) is 0 Å². The van der Waals surface area contributed by atoms with Gasteiger partial charge in [-0.05, 0) is 31.4 Å². The molecule has 4 heteroatoms. The predicted molar refractivity (Wildman–Crippen MR) is 79.5 cm³/mol. The van der Waals surface area contributed by atoms with Gasteiger partial charge in [0.05, 0.1) is 11.8 Å². The Morgan fingerprint density at radius 3 is 2.90 bits per heavy atom. The molecule has 1 heterocycles. The van der Waals surface area contributed by atoms with E-state index in [1.807, 2.05) is 24.3 Å². The Morgan fingerprint density at radius 1 is 1.30 bits per heavy atom. The van der Waals surface area contributed by atoms with Crippen molar-refractivity contribution >= 4 is 5.82 Å². The molecule has 0 amide bonds. The number of anilines is 1. The van der Waals surface area contributed by atoms with Crippen molar-refractivity contribution in [2.24, 2.45) is 0 Å². The summed E-state index contributed by atoms with van der Waals surface area (Å²) in [5, 5.41) is 0. The second-order valence-corrected chi connectivity index (χ2v) is 5.18. The van der Waals surface area contributed by atoms with Crippen LogP contribution in [0.3, 0.4) is 0 Å². The van der Waals surface area contributed by atoms with Gasteiger partial charge in [-0.1, -0.05) is 25.5 Å². The first-order chi connectivity index (χ1) is 9.78. The molecule has 1 aliphatic carbocycles. The molecule has 0 atom stereocenters. The van der Waals surface area contributed by atoms with Crippen LogP contribution in [0.1, 0.15) is 31.7 Å². The van der Waals surface area contributed by atoms with Crippen LogP contribution < -0.4 is 10.5 Å². The van der Waals surface area contributed by atoms with Crippen molar-refractivity contribution in [2.45, 2.75) is 38.7 Å². The summed E-state index contributed by atoms with van der Waals surface area (Å²) in [6.45, 7) is 2.13. The quantitative estimate of drug-likeness (QED) is 0.905. The topological polar surface area (TPSA) is 61.0 Å². The van der Waals surface area contributed by atoms with Crippen molar-refractivity contribution in [1.82, 2.24) is 9.97 Å². The fraction of sp³-hybridized carbons (Fsp3) is 0.375. The monoisotopic (exact) mass is 269 g/mol. The normalized spacial score (nSPS) is 14.2. The lowest BCUT2D eigenvalue weighted by molar-refractivity contribution is 0.303. The van der Waals surface area contributed by atoms with E-state index < -0.39 is 0 Å². The zero-order valence-electron chi connectivity index (χ0n) is 11.7. The van der Waals surface area contributed by atoms with Gasteiger partial charge >= 0.3 is 0 Å². The lowest BCUT2D eigenvalue weighted by Crippen LogP contribution is -2.03. The summed E-state index contributed by atoms with van der Waals surface area (Å²) >= 11 is 0. The molecule has 4 nitrogen and oxygen atoms in total. The summed E-state index contributed by atoms with van der Waals surface area (Å²) in [6.07, 6.45) is 6.14. The van der Waals surface area contributed by atoms with E-state index in [-0.39, 0.29) is 0 Å². The fourth-order valence-electron chi connectivity index (χ4n) is 2.27. The molecule has 2 aromatic rings. The van der Waals surface area contributed by atoms with Gasteiger partial charge in [-0.3, -0.25) is 0 Å². The van der Waals surface area contributed by atoms with Gasteiger partial charge in [0.25, 0.3) is 0 Å². The highest BCUT2D eigenvalue weighted by Crippen LogP contribution is 2.31. The Hall–Kier alpha value is -2.10. The Labute approximate surface area is 119 Å². The molecule has 0 spiro atoms. The van der Waals surface area contributed by atoms with E-state index in [1.54, 1.807) is 0 Å². The zero-order valence-corrected chi connectivity index (χ0v) is 11.7. The van der Waals surface area contributed by atoms with E-state index >= 15 is 0 Å². The van der Waals surface area contributed by atoms with Gasteiger partial charge in [-0.25, -0.2) is 9.97 Å². The van der Waals surface area contributed by atoms with Gasteiger partial charge in [0.1, 0.15) is 17.9 Å². The summed E-state index contributed by atoms with van der Waals surface area (Å²) in [5.74, 6) is 1.48. The number of nitrogens with two attached hydrogens (primary N) is 1. The van der Waals surface area contributed by atoms with Crippen LogP contribution in [0.2, 0.25) is 0 Å². The van der Waals surface area contributed by atoms with E-state index in [4.69, 9.17) is 10.5 Å². The number of benzene rings is 1. The Balaban J connectivity index is 1.97. The summed E-state index contributed by atoms with van der Waals surface area (Å²) in [6, 6.07) is 8.08. The summed E-state index contributed by atoms with van der Waals surface area (Å²) in [7, 11) is 0. The maximum Gasteiger partial charge on any atom is 0.130 e. The molecule has 104 valence electrons. The zero-order chi connectivity index (χ0) is 13.9. The SMILES string of the molecule is CCCc1c(N)ncnc1-c1cccc(OC2CC2)c1. The van der Waals surface area contributed by atoms with Crippen LogP contribution in [0.4, 0.5) is 5.82 Å². The lowest BCUT2D eigenvalue weighted by atomic mass is 10.0. The molecular weight excluding hydrogens is 250 g/mol. The molecule has 0 radical (unpaired) electrons. The first-order valence-corrected chi connectivity index (χ1v) is 7.14. The average molecular weight is 269 g/mol. The van der Waals surface area contributed by atoms with E-state index in [2.05, 4.69) is 16.9 Å². The first-order valence-electron chi connectivity index (χ1n) is 7.14. The molecule has 3 rings (SSSR count). The number of ether oxygens (including phenoxy) is 1. The van der Waals surface area contributed by atoms with Gasteiger partial charge < -0.3 is 10.5 Å². The third-order valence-electron chi connectivity index (χ3n) is 3.41. The van der Waals surface area contributed by atoms with Crippen LogP contribution in [0, 0.1) is 0 Å². The molecule has 1 aromatic carbocycles. The number of hydrogen-bond acceptors (Lipinski definition) is 4. The summed E-state index contributed by atoms with van der Waals surface area (Å²) in [5.41, 5.74) is 8.98. The van der Waals surface area contributed by atoms with Crippen LogP contribution in [-0.4, -0.2) is 16.1 Å². The van der Waals surface area contributed by atoms with Crippen molar-refractivity contribution < 1.29 is 4.74 Å². The lowest BCUT2D eigenvalue weighted by Gasteiger charge is -2.11. The van der Waals surface area contributed by atoms with E-state index in [0.29, 0.717) is 11.9 Å². The van der Waals surface area contributed by atoms with Gasteiger partial charge in [0, 0.05) is 11.1 Å². The molecule has 0 saturated heterocycles. The second-order valence-electron chi connectivity index (χ2n) is 5.18. The summed E-state index contributed by atoms with van der Waals surface area (Å²) < 4.78 is 5.84. The molecule has 2 N–H and O–H groups in total. The van der Waals surface area contributed by atoms with Crippen LogP contribution in [-0.2, 0) is 6.42 Å². The smallest absolute Gasteiger partial charge is 0.130 e. The highest BCUT2D eigenvalue weighted by molar-refractivity contribution is 5.68. The minimum Gasteiger partial charge on any atom is -0.490 e. The fourth-order valence-corrected chi connectivity index (χ4v) is 2.27. The molecule has 20 heavy (non-hydrogen) atoms. The van der Waals surface area contributed by atoms with E-state index in [0.717, 1.165) is 48.3 Å². The van der Waals surface area contributed by atoms with Crippen molar-refractivity contribution in [2.75, 3.05) is 5.73 Å². The predicted octanol–water partition coefficient (Wildman–Crippen LogP) is 3.22. The van der Waals surface area contributed by atoms with E-state index in [1.165, 1.54) is 6.33 Å². The average Bonchev–Trinajstić information content (AvgIpc) is 3.25. The number of aromatic nitrogens is 2. The van der Waals surface area contributed by atoms with Crippen molar-refractivity contribution in [3.63, 3.8) is 0 Å². The van der Waals surface area contributed by atoms with Gasteiger partial charge in [-0.15, -0.1) is 0 Å². The highest BCUT2D eigenvalue weighted by Gasteiger charge is 2.23. The highest BCUT2D eigenvalue weighted by atomic mass is 16.5. The number of rotatable bonds is 5. The number of nitrogens with zero attached hydrogens (tertiary/aromatic N) is 2. The van der Waals surface area contributed by atoms with Crippen LogP contribution in [0.15, 0.2) is 30.6 Å². The molecule has 1 aromatic heterocycles. The van der Waals surface area contributed by atoms with Gasteiger partial charge in [0.2, 0.25) is 0 Å². The molecule has 1 aliphatic rings. The first kappa shape index (κ1) is 12.9. The van der Waals surface area contributed by atoms with Crippen molar-refractivity contribution in [3.05, 3.63) is 36.2 Å². The molecule has 0 unspecified atom stereocenters. The number of nitrogen functional groups attached to an aromatic ring is 1. The molecular formula is C16H19N3O.